The first-order valence-electron chi connectivity index (χ1n) is 12.5. The highest BCUT2D eigenvalue weighted by molar-refractivity contribution is 5.38. The maximum Gasteiger partial charge on any atom is 0.115 e. The third-order valence-corrected chi connectivity index (χ3v) is 8.20. The van der Waals surface area contributed by atoms with E-state index in [0.717, 1.165) is 38.3 Å². The molecule has 1 fully saturated rings. The number of phenols is 1. The molecule has 2 aromatic carbocycles. The highest BCUT2D eigenvalue weighted by atomic mass is 16.3. The van der Waals surface area contributed by atoms with Gasteiger partial charge in [0, 0.05) is 31.4 Å². The van der Waals surface area contributed by atoms with Crippen LogP contribution in [0.25, 0.3) is 0 Å². The monoisotopic (exact) mass is 447 g/mol. The van der Waals surface area contributed by atoms with Crippen molar-refractivity contribution in [2.24, 2.45) is 11.8 Å². The van der Waals surface area contributed by atoms with Crippen molar-refractivity contribution in [2.45, 2.75) is 64.6 Å². The van der Waals surface area contributed by atoms with Gasteiger partial charge in [-0.15, -0.1) is 0 Å². The molecule has 4 atom stereocenters. The van der Waals surface area contributed by atoms with Crippen LogP contribution in [0, 0.1) is 11.8 Å². The van der Waals surface area contributed by atoms with Gasteiger partial charge in [-0.2, -0.15) is 0 Å². The fraction of sp³-hybridized carbons (Fsp3) is 0.517. The number of hydrogen-bond acceptors (Lipinski definition) is 4. The standard InChI is InChI=1S/C29H41N3O/c1-20(2)28(31-22(4)27-16-23-11-12-26(33)15-24(23)17-30-27)19-32-14-13-29(5,21(3)18-32)25-9-7-6-8-10-25/h6-12,15,20-21,27-28,30-31,33H,4,13-14,16-19H2,1-3,5H3/t21-,27+,28+,29+/m0/s1. The van der Waals surface area contributed by atoms with Gasteiger partial charge in [-0.3, -0.25) is 0 Å². The Balaban J connectivity index is 1.36. The van der Waals surface area contributed by atoms with E-state index < -0.39 is 0 Å². The number of benzene rings is 2. The van der Waals surface area contributed by atoms with Gasteiger partial charge in [0.1, 0.15) is 5.75 Å². The lowest BCUT2D eigenvalue weighted by atomic mass is 9.68. The molecule has 0 unspecified atom stereocenters. The van der Waals surface area contributed by atoms with E-state index >= 15 is 0 Å². The van der Waals surface area contributed by atoms with E-state index in [2.05, 4.69) is 80.1 Å². The zero-order valence-corrected chi connectivity index (χ0v) is 20.8. The number of piperidine rings is 1. The fourth-order valence-corrected chi connectivity index (χ4v) is 5.52. The first kappa shape index (κ1) is 23.8. The van der Waals surface area contributed by atoms with Crippen molar-refractivity contribution in [3.63, 3.8) is 0 Å². The van der Waals surface area contributed by atoms with Crippen LogP contribution >= 0.6 is 0 Å². The molecule has 0 aliphatic carbocycles. The Morgan fingerprint density at radius 1 is 1.21 bits per heavy atom. The fourth-order valence-electron chi connectivity index (χ4n) is 5.52. The van der Waals surface area contributed by atoms with Crippen LogP contribution in [0.2, 0.25) is 0 Å². The van der Waals surface area contributed by atoms with Gasteiger partial charge in [-0.05, 0) is 65.5 Å². The van der Waals surface area contributed by atoms with Gasteiger partial charge in [0.25, 0.3) is 0 Å². The Morgan fingerprint density at radius 3 is 2.67 bits per heavy atom. The normalized spacial score (nSPS) is 26.6. The molecule has 0 amide bonds. The minimum absolute atomic E-state index is 0.213. The minimum atomic E-state index is 0.213. The van der Waals surface area contributed by atoms with Crippen LogP contribution in [0.3, 0.4) is 0 Å². The Labute approximate surface area is 200 Å². The number of phenolic OH excluding ortho intramolecular Hbond substituents is 1. The predicted molar refractivity (Wildman–Crippen MR) is 137 cm³/mol. The van der Waals surface area contributed by atoms with Crippen LogP contribution in [0.15, 0.2) is 60.8 Å². The second-order valence-electron chi connectivity index (χ2n) is 10.8. The third kappa shape index (κ3) is 5.28. The summed E-state index contributed by atoms with van der Waals surface area (Å²) in [6.45, 7) is 18.0. The van der Waals surface area contributed by atoms with Crippen molar-refractivity contribution >= 4 is 0 Å². The maximum atomic E-state index is 9.75. The quantitative estimate of drug-likeness (QED) is 0.569. The smallest absolute Gasteiger partial charge is 0.115 e. The number of hydrogen-bond donors (Lipinski definition) is 3. The first-order valence-corrected chi connectivity index (χ1v) is 12.5. The summed E-state index contributed by atoms with van der Waals surface area (Å²) in [4.78, 5) is 2.65. The molecule has 1 saturated heterocycles. The minimum Gasteiger partial charge on any atom is -0.508 e. The van der Waals surface area contributed by atoms with Gasteiger partial charge in [0.05, 0.1) is 6.04 Å². The van der Waals surface area contributed by atoms with E-state index in [1.54, 1.807) is 6.07 Å². The molecule has 2 aliphatic rings. The second kappa shape index (κ2) is 9.90. The van der Waals surface area contributed by atoms with E-state index in [4.69, 9.17) is 0 Å². The lowest BCUT2D eigenvalue weighted by Crippen LogP contribution is -2.53. The molecule has 3 N–H and O–H groups in total. The first-order chi connectivity index (χ1) is 15.8. The lowest BCUT2D eigenvalue weighted by Gasteiger charge is -2.46. The second-order valence-corrected chi connectivity index (χ2v) is 10.8. The molecule has 0 spiro atoms. The van der Waals surface area contributed by atoms with Crippen LogP contribution in [-0.2, 0) is 18.4 Å². The number of likely N-dealkylation sites (tertiary alicyclic amines) is 1. The van der Waals surface area contributed by atoms with Crippen LogP contribution in [0.5, 0.6) is 5.75 Å². The van der Waals surface area contributed by atoms with Gasteiger partial charge in [-0.1, -0.05) is 70.7 Å². The van der Waals surface area contributed by atoms with E-state index in [1.807, 2.05) is 12.1 Å². The zero-order valence-electron chi connectivity index (χ0n) is 20.8. The number of fused-ring (bicyclic) bond motifs is 1. The van der Waals surface area contributed by atoms with Crippen molar-refractivity contribution in [3.8, 4) is 5.75 Å². The van der Waals surface area contributed by atoms with Crippen molar-refractivity contribution in [2.75, 3.05) is 19.6 Å². The average molecular weight is 448 g/mol. The van der Waals surface area contributed by atoms with Gasteiger partial charge in [0.2, 0.25) is 0 Å². The van der Waals surface area contributed by atoms with Gasteiger partial charge < -0.3 is 20.6 Å². The number of nitrogens with zero attached hydrogens (tertiary/aromatic N) is 1. The Kier molecular flexibility index (Phi) is 7.16. The molecular weight excluding hydrogens is 406 g/mol. The maximum absolute atomic E-state index is 9.75. The van der Waals surface area contributed by atoms with E-state index in [1.165, 1.54) is 23.1 Å². The van der Waals surface area contributed by atoms with Crippen LogP contribution in [0.4, 0.5) is 0 Å². The Bertz CT molecular complexity index is 957. The average Bonchev–Trinajstić information content (AvgIpc) is 2.81. The lowest BCUT2D eigenvalue weighted by molar-refractivity contribution is 0.0970. The highest BCUT2D eigenvalue weighted by Gasteiger charge is 2.38. The number of rotatable bonds is 7. The van der Waals surface area contributed by atoms with Gasteiger partial charge >= 0.3 is 0 Å². The molecule has 4 heteroatoms. The summed E-state index contributed by atoms with van der Waals surface area (Å²) in [5.41, 5.74) is 5.28. The summed E-state index contributed by atoms with van der Waals surface area (Å²) in [6.07, 6.45) is 2.10. The van der Waals surface area contributed by atoms with Crippen molar-refractivity contribution in [1.29, 1.82) is 0 Å². The SMILES string of the molecule is C=C(N[C@H](CN1CC[C@@](C)(c2ccccc2)[C@@H](C)C1)C(C)C)[C@H]1Cc2ccc(O)cc2CN1. The summed E-state index contributed by atoms with van der Waals surface area (Å²) < 4.78 is 0. The largest absolute Gasteiger partial charge is 0.508 e. The molecule has 178 valence electrons. The van der Waals surface area contributed by atoms with Gasteiger partial charge in [0.15, 0.2) is 0 Å². The summed E-state index contributed by atoms with van der Waals surface area (Å²) in [5, 5.41) is 17.1. The molecule has 2 aromatic rings. The molecule has 2 aliphatic heterocycles. The molecule has 4 rings (SSSR count). The van der Waals surface area contributed by atoms with Crippen LogP contribution < -0.4 is 10.6 Å². The van der Waals surface area contributed by atoms with Crippen molar-refractivity contribution in [3.05, 3.63) is 77.5 Å². The summed E-state index contributed by atoms with van der Waals surface area (Å²) in [5.74, 6) is 1.47. The predicted octanol–water partition coefficient (Wildman–Crippen LogP) is 4.83. The molecule has 0 radical (unpaired) electrons. The van der Waals surface area contributed by atoms with E-state index in [0.29, 0.717) is 23.6 Å². The third-order valence-electron chi connectivity index (χ3n) is 8.20. The van der Waals surface area contributed by atoms with Crippen molar-refractivity contribution in [1.82, 2.24) is 15.5 Å². The molecule has 0 aromatic heterocycles. The summed E-state index contributed by atoms with van der Waals surface area (Å²) >= 11 is 0. The summed E-state index contributed by atoms with van der Waals surface area (Å²) in [7, 11) is 0. The molecule has 2 heterocycles. The number of aromatic hydroxyl groups is 1. The Hall–Kier alpha value is -2.30. The summed E-state index contributed by atoms with van der Waals surface area (Å²) in [6, 6.07) is 17.3. The van der Waals surface area contributed by atoms with E-state index in [9.17, 15) is 5.11 Å². The highest BCUT2D eigenvalue weighted by Crippen LogP contribution is 2.39. The number of nitrogens with one attached hydrogen (secondary N) is 2. The van der Waals surface area contributed by atoms with Crippen LogP contribution in [-0.4, -0.2) is 41.7 Å². The van der Waals surface area contributed by atoms with Crippen molar-refractivity contribution < 1.29 is 5.11 Å². The van der Waals surface area contributed by atoms with Gasteiger partial charge in [-0.25, -0.2) is 0 Å². The molecule has 0 bridgehead atoms. The molecule has 4 nitrogen and oxygen atoms in total. The van der Waals surface area contributed by atoms with Crippen LogP contribution in [0.1, 0.15) is 50.8 Å². The topological polar surface area (TPSA) is 47.5 Å². The molecule has 0 saturated carbocycles. The van der Waals surface area contributed by atoms with E-state index in [-0.39, 0.29) is 11.5 Å². The molecule has 33 heavy (non-hydrogen) atoms. The molecular formula is C29H41N3O. The zero-order chi connectivity index (χ0) is 23.6. The Morgan fingerprint density at radius 2 is 1.97 bits per heavy atom.